The Labute approximate surface area is 103 Å². The maximum absolute atomic E-state index is 5.71. The third-order valence-electron chi connectivity index (χ3n) is 3.72. The predicted molar refractivity (Wildman–Crippen MR) is 66.5 cm³/mol. The van der Waals surface area contributed by atoms with Gasteiger partial charge in [0.15, 0.2) is 0 Å². The monoisotopic (exact) mass is 235 g/mol. The first-order chi connectivity index (χ1) is 8.14. The van der Waals surface area contributed by atoms with Crippen molar-refractivity contribution in [2.75, 3.05) is 6.61 Å². The van der Waals surface area contributed by atoms with E-state index in [1.165, 1.54) is 0 Å². The highest BCUT2D eigenvalue weighted by Gasteiger charge is 2.48. The number of rotatable bonds is 5. The maximum atomic E-state index is 5.71. The van der Waals surface area contributed by atoms with E-state index in [0.717, 1.165) is 25.3 Å². The zero-order valence-corrected chi connectivity index (χ0v) is 10.8. The molecule has 1 saturated carbocycles. The summed E-state index contributed by atoms with van der Waals surface area (Å²) in [6.45, 7) is 8.17. The Morgan fingerprint density at radius 2 is 2.35 bits per heavy atom. The Hall–Kier alpha value is -1.00. The summed E-state index contributed by atoms with van der Waals surface area (Å²) in [5.41, 5.74) is 1.25. The van der Waals surface area contributed by atoms with E-state index < -0.39 is 0 Å². The van der Waals surface area contributed by atoms with Crippen LogP contribution < -0.4 is 5.32 Å². The van der Waals surface area contributed by atoms with Crippen LogP contribution in [0.25, 0.3) is 0 Å². The summed E-state index contributed by atoms with van der Waals surface area (Å²) in [6.07, 6.45) is 4.84. The fourth-order valence-electron chi connectivity index (χ4n) is 2.37. The van der Waals surface area contributed by atoms with Crippen LogP contribution in [0.3, 0.4) is 0 Å². The maximum Gasteiger partial charge on any atom is 0.115 e. The number of aromatic nitrogens is 2. The van der Waals surface area contributed by atoms with Crippen LogP contribution in [0.2, 0.25) is 0 Å². The standard InChI is InChI=1S/C13H21N3O/c1-4-17-12-7-11(13(12,2)3)15-8-10-5-6-14-9-16-10/h5-6,9,11-12,15H,4,7-8H2,1-3H3. The molecule has 1 fully saturated rings. The predicted octanol–water partition coefficient (Wildman–Crippen LogP) is 1.77. The normalized spacial score (nSPS) is 26.5. The minimum Gasteiger partial charge on any atom is -0.378 e. The molecule has 94 valence electrons. The highest BCUT2D eigenvalue weighted by Crippen LogP contribution is 2.42. The molecule has 1 heterocycles. The van der Waals surface area contributed by atoms with Gasteiger partial charge < -0.3 is 10.1 Å². The number of ether oxygens (including phenoxy) is 1. The quantitative estimate of drug-likeness (QED) is 0.845. The van der Waals surface area contributed by atoms with Gasteiger partial charge >= 0.3 is 0 Å². The molecule has 2 unspecified atom stereocenters. The molecule has 0 aliphatic heterocycles. The highest BCUT2D eigenvalue weighted by atomic mass is 16.5. The van der Waals surface area contributed by atoms with E-state index in [1.54, 1.807) is 12.5 Å². The Bertz CT molecular complexity index is 353. The molecule has 1 aromatic heterocycles. The van der Waals surface area contributed by atoms with Crippen LogP contribution in [0.15, 0.2) is 18.6 Å². The number of hydrogen-bond acceptors (Lipinski definition) is 4. The number of hydrogen-bond donors (Lipinski definition) is 1. The van der Waals surface area contributed by atoms with E-state index in [0.29, 0.717) is 12.1 Å². The van der Waals surface area contributed by atoms with Gasteiger partial charge in [-0.2, -0.15) is 0 Å². The van der Waals surface area contributed by atoms with Gasteiger partial charge in [0.25, 0.3) is 0 Å². The van der Waals surface area contributed by atoms with Crippen LogP contribution in [-0.4, -0.2) is 28.7 Å². The second kappa shape index (κ2) is 5.10. The lowest BCUT2D eigenvalue weighted by atomic mass is 9.64. The van der Waals surface area contributed by atoms with Crippen molar-refractivity contribution in [1.29, 1.82) is 0 Å². The summed E-state index contributed by atoms with van der Waals surface area (Å²) in [5, 5.41) is 3.54. The molecule has 0 radical (unpaired) electrons. The van der Waals surface area contributed by atoms with Gasteiger partial charge in [-0.3, -0.25) is 0 Å². The summed E-state index contributed by atoms with van der Waals surface area (Å²) < 4.78 is 5.71. The smallest absolute Gasteiger partial charge is 0.115 e. The Kier molecular flexibility index (Phi) is 3.74. The van der Waals surface area contributed by atoms with E-state index in [-0.39, 0.29) is 5.41 Å². The van der Waals surface area contributed by atoms with Crippen molar-refractivity contribution in [3.8, 4) is 0 Å². The largest absolute Gasteiger partial charge is 0.378 e. The molecule has 4 nitrogen and oxygen atoms in total. The molecule has 0 bridgehead atoms. The average molecular weight is 235 g/mol. The van der Waals surface area contributed by atoms with Crippen LogP contribution >= 0.6 is 0 Å². The summed E-state index contributed by atoms with van der Waals surface area (Å²) in [5.74, 6) is 0. The van der Waals surface area contributed by atoms with Crippen LogP contribution in [0.4, 0.5) is 0 Å². The van der Waals surface area contributed by atoms with Gasteiger partial charge in [-0.25, -0.2) is 9.97 Å². The molecule has 1 N–H and O–H groups in total. The van der Waals surface area contributed by atoms with Crippen LogP contribution in [-0.2, 0) is 11.3 Å². The summed E-state index contributed by atoms with van der Waals surface area (Å²) >= 11 is 0. The van der Waals surface area contributed by atoms with Crippen molar-refractivity contribution < 1.29 is 4.74 Å². The molecule has 0 spiro atoms. The van der Waals surface area contributed by atoms with Gasteiger partial charge in [-0.15, -0.1) is 0 Å². The van der Waals surface area contributed by atoms with Crippen LogP contribution in [0, 0.1) is 5.41 Å². The van der Waals surface area contributed by atoms with Gasteiger partial charge in [0, 0.05) is 30.8 Å². The van der Waals surface area contributed by atoms with Crippen LogP contribution in [0.5, 0.6) is 0 Å². The Morgan fingerprint density at radius 1 is 1.53 bits per heavy atom. The second-order valence-corrected chi connectivity index (χ2v) is 5.14. The molecule has 1 aliphatic carbocycles. The van der Waals surface area contributed by atoms with Crippen LogP contribution in [0.1, 0.15) is 32.9 Å². The van der Waals surface area contributed by atoms with E-state index in [4.69, 9.17) is 4.74 Å². The summed E-state index contributed by atoms with van der Waals surface area (Å²) in [7, 11) is 0. The van der Waals surface area contributed by atoms with Crippen molar-refractivity contribution in [1.82, 2.24) is 15.3 Å². The molecule has 1 aromatic rings. The number of nitrogens with one attached hydrogen (secondary N) is 1. The van der Waals surface area contributed by atoms with Gasteiger partial charge in [0.1, 0.15) is 6.33 Å². The lowest BCUT2D eigenvalue weighted by Crippen LogP contribution is -2.60. The molecule has 4 heteroatoms. The average Bonchev–Trinajstić information content (AvgIpc) is 2.34. The summed E-state index contributed by atoms with van der Waals surface area (Å²) in [4.78, 5) is 8.12. The van der Waals surface area contributed by atoms with Gasteiger partial charge in [0.2, 0.25) is 0 Å². The SMILES string of the molecule is CCOC1CC(NCc2ccncn2)C1(C)C. The fraction of sp³-hybridized carbons (Fsp3) is 0.692. The Balaban J connectivity index is 1.82. The third-order valence-corrected chi connectivity index (χ3v) is 3.72. The first-order valence-corrected chi connectivity index (χ1v) is 6.24. The third kappa shape index (κ3) is 2.64. The molecular formula is C13H21N3O. The fourth-order valence-corrected chi connectivity index (χ4v) is 2.37. The van der Waals surface area contributed by atoms with Crippen molar-refractivity contribution in [3.05, 3.63) is 24.3 Å². The molecule has 2 atom stereocenters. The lowest BCUT2D eigenvalue weighted by molar-refractivity contribution is -0.114. The van der Waals surface area contributed by atoms with Gasteiger partial charge in [-0.1, -0.05) is 13.8 Å². The number of nitrogens with zero attached hydrogens (tertiary/aromatic N) is 2. The minimum absolute atomic E-state index is 0.211. The molecule has 0 saturated heterocycles. The van der Waals surface area contributed by atoms with E-state index in [1.807, 2.05) is 6.07 Å². The zero-order chi connectivity index (χ0) is 12.3. The minimum atomic E-state index is 0.211. The van der Waals surface area contributed by atoms with Crippen molar-refractivity contribution >= 4 is 0 Å². The molecular weight excluding hydrogens is 214 g/mol. The molecule has 17 heavy (non-hydrogen) atoms. The van der Waals surface area contributed by atoms with Crippen molar-refractivity contribution in [3.63, 3.8) is 0 Å². The zero-order valence-electron chi connectivity index (χ0n) is 10.8. The molecule has 0 amide bonds. The first-order valence-electron chi connectivity index (χ1n) is 6.24. The van der Waals surface area contributed by atoms with Crippen molar-refractivity contribution in [2.45, 2.75) is 45.9 Å². The topological polar surface area (TPSA) is 47.0 Å². The second-order valence-electron chi connectivity index (χ2n) is 5.14. The van der Waals surface area contributed by atoms with E-state index in [2.05, 4.69) is 36.1 Å². The van der Waals surface area contributed by atoms with E-state index in [9.17, 15) is 0 Å². The highest BCUT2D eigenvalue weighted by molar-refractivity contribution is 5.05. The van der Waals surface area contributed by atoms with Gasteiger partial charge in [0.05, 0.1) is 11.8 Å². The first kappa shape index (κ1) is 12.5. The van der Waals surface area contributed by atoms with Gasteiger partial charge in [-0.05, 0) is 19.4 Å². The summed E-state index contributed by atoms with van der Waals surface area (Å²) in [6, 6.07) is 2.45. The molecule has 2 rings (SSSR count). The Morgan fingerprint density at radius 3 is 2.94 bits per heavy atom. The lowest BCUT2D eigenvalue weighted by Gasteiger charge is -2.51. The molecule has 0 aromatic carbocycles. The molecule has 1 aliphatic rings. The van der Waals surface area contributed by atoms with E-state index >= 15 is 0 Å². The van der Waals surface area contributed by atoms with Crippen molar-refractivity contribution in [2.24, 2.45) is 5.41 Å².